The molecule has 7 heteroatoms. The molecule has 2 N–H and O–H groups in total. The highest BCUT2D eigenvalue weighted by Crippen LogP contribution is 2.24. The molecule has 0 aromatic heterocycles. The highest BCUT2D eigenvalue weighted by atomic mass is 16.6. The number of ether oxygens (including phenoxy) is 2. The Morgan fingerprint density at radius 3 is 2.63 bits per heavy atom. The van der Waals surface area contributed by atoms with E-state index in [4.69, 9.17) is 9.47 Å². The predicted octanol–water partition coefficient (Wildman–Crippen LogP) is 3.11. The van der Waals surface area contributed by atoms with E-state index in [1.807, 2.05) is 44.2 Å². The van der Waals surface area contributed by atoms with Crippen LogP contribution in [0.5, 0.6) is 5.75 Å². The zero-order valence-electron chi connectivity index (χ0n) is 16.4. The van der Waals surface area contributed by atoms with Crippen LogP contribution < -0.4 is 15.5 Å². The molecule has 2 rings (SSSR count). The number of nitrogens with zero attached hydrogens (tertiary/aromatic N) is 1. The van der Waals surface area contributed by atoms with E-state index in [0.29, 0.717) is 6.61 Å². The van der Waals surface area contributed by atoms with Gasteiger partial charge in [-0.1, -0.05) is 32.0 Å². The molecule has 0 saturated heterocycles. The standard InChI is InChI=1S/C20H27N3O4/c1-13(2)17(22-19(25)27-20(3,4)5)18(24)23-21-11-14-10-15-8-6-7-9-16(15)26-12-14/h6-11,13,17H,12H2,1-5H3,(H,22,25)(H,23,24)/t17-/m0/s1. The molecule has 0 spiro atoms. The van der Waals surface area contributed by atoms with Gasteiger partial charge >= 0.3 is 6.09 Å². The zero-order valence-corrected chi connectivity index (χ0v) is 16.4. The Morgan fingerprint density at radius 1 is 1.26 bits per heavy atom. The van der Waals surface area contributed by atoms with Gasteiger partial charge in [-0.25, -0.2) is 10.2 Å². The van der Waals surface area contributed by atoms with Gasteiger partial charge < -0.3 is 14.8 Å². The lowest BCUT2D eigenvalue weighted by Gasteiger charge is -2.24. The molecule has 0 bridgehead atoms. The largest absolute Gasteiger partial charge is 0.488 e. The van der Waals surface area contributed by atoms with E-state index in [1.165, 1.54) is 0 Å². The van der Waals surface area contributed by atoms with Crippen molar-refractivity contribution in [1.29, 1.82) is 0 Å². The minimum Gasteiger partial charge on any atom is -0.488 e. The molecule has 7 nitrogen and oxygen atoms in total. The number of hydrazone groups is 1. The molecule has 0 saturated carbocycles. The van der Waals surface area contributed by atoms with Crippen LogP contribution >= 0.6 is 0 Å². The number of para-hydroxylation sites is 1. The first-order chi connectivity index (χ1) is 12.7. The molecule has 0 unspecified atom stereocenters. The van der Waals surface area contributed by atoms with E-state index < -0.39 is 23.6 Å². The number of fused-ring (bicyclic) bond motifs is 1. The minimum atomic E-state index is -0.755. The summed E-state index contributed by atoms with van der Waals surface area (Å²) in [6, 6.07) is 6.93. The molecule has 1 heterocycles. The summed E-state index contributed by atoms with van der Waals surface area (Å²) in [6.07, 6.45) is 2.85. The summed E-state index contributed by atoms with van der Waals surface area (Å²) >= 11 is 0. The van der Waals surface area contributed by atoms with Gasteiger partial charge in [0.25, 0.3) is 5.91 Å². The lowest BCUT2D eigenvalue weighted by atomic mass is 10.0. The van der Waals surface area contributed by atoms with Crippen LogP contribution in [0, 0.1) is 5.92 Å². The number of nitrogens with one attached hydrogen (secondary N) is 2. The molecule has 146 valence electrons. The Balaban J connectivity index is 1.95. The molecule has 0 fully saturated rings. The highest BCUT2D eigenvalue weighted by Gasteiger charge is 2.26. The molecule has 1 aromatic rings. The Morgan fingerprint density at radius 2 is 1.96 bits per heavy atom. The lowest BCUT2D eigenvalue weighted by Crippen LogP contribution is -2.49. The van der Waals surface area contributed by atoms with Gasteiger partial charge in [0, 0.05) is 11.1 Å². The van der Waals surface area contributed by atoms with Crippen molar-refractivity contribution in [2.75, 3.05) is 6.61 Å². The predicted molar refractivity (Wildman–Crippen MR) is 105 cm³/mol. The third kappa shape index (κ3) is 6.44. The molecular weight excluding hydrogens is 346 g/mol. The molecule has 1 aliphatic rings. The number of amides is 2. The molecule has 0 aliphatic carbocycles. The average molecular weight is 373 g/mol. The van der Waals surface area contributed by atoms with E-state index >= 15 is 0 Å². The molecule has 2 amide bonds. The van der Waals surface area contributed by atoms with Gasteiger partial charge in [-0.3, -0.25) is 4.79 Å². The molecule has 27 heavy (non-hydrogen) atoms. The van der Waals surface area contributed by atoms with Crippen LogP contribution in [0.25, 0.3) is 6.08 Å². The van der Waals surface area contributed by atoms with Gasteiger partial charge in [0.15, 0.2) is 0 Å². The third-order valence-electron chi connectivity index (χ3n) is 3.68. The quantitative estimate of drug-likeness (QED) is 0.613. The second-order valence-corrected chi connectivity index (χ2v) is 7.65. The van der Waals surface area contributed by atoms with Crippen molar-refractivity contribution in [3.8, 4) is 5.75 Å². The summed E-state index contributed by atoms with van der Waals surface area (Å²) in [7, 11) is 0. The number of carbonyl (C=O) groups excluding carboxylic acids is 2. The van der Waals surface area contributed by atoms with Crippen molar-refractivity contribution in [3.63, 3.8) is 0 Å². The fourth-order valence-corrected chi connectivity index (χ4v) is 2.43. The minimum absolute atomic E-state index is 0.128. The van der Waals surface area contributed by atoms with Crippen LogP contribution in [-0.2, 0) is 9.53 Å². The second kappa shape index (κ2) is 8.70. The van der Waals surface area contributed by atoms with Crippen molar-refractivity contribution >= 4 is 24.3 Å². The first-order valence-electron chi connectivity index (χ1n) is 8.90. The first kappa shape index (κ1) is 20.5. The number of hydrogen-bond acceptors (Lipinski definition) is 5. The summed E-state index contributed by atoms with van der Waals surface area (Å²) < 4.78 is 10.8. The van der Waals surface area contributed by atoms with Crippen molar-refractivity contribution in [1.82, 2.24) is 10.7 Å². The van der Waals surface area contributed by atoms with Crippen LogP contribution in [0.4, 0.5) is 4.79 Å². The van der Waals surface area contributed by atoms with Gasteiger partial charge in [-0.2, -0.15) is 5.10 Å². The molecule has 1 atom stereocenters. The van der Waals surface area contributed by atoms with Crippen LogP contribution in [0.1, 0.15) is 40.2 Å². The number of alkyl carbamates (subject to hydrolysis) is 1. The van der Waals surface area contributed by atoms with Crippen LogP contribution in [-0.4, -0.2) is 36.5 Å². The van der Waals surface area contributed by atoms with Gasteiger partial charge in [-0.05, 0) is 38.8 Å². The lowest BCUT2D eigenvalue weighted by molar-refractivity contribution is -0.124. The van der Waals surface area contributed by atoms with Gasteiger partial charge in [0.2, 0.25) is 0 Å². The smallest absolute Gasteiger partial charge is 0.408 e. The molecule has 0 radical (unpaired) electrons. The monoisotopic (exact) mass is 373 g/mol. The molecule has 1 aliphatic heterocycles. The van der Waals surface area contributed by atoms with Crippen LogP contribution in [0.15, 0.2) is 34.9 Å². The van der Waals surface area contributed by atoms with Crippen molar-refractivity contribution in [2.24, 2.45) is 11.0 Å². The van der Waals surface area contributed by atoms with Crippen molar-refractivity contribution < 1.29 is 19.1 Å². The van der Waals surface area contributed by atoms with Crippen LogP contribution in [0.3, 0.4) is 0 Å². The Bertz CT molecular complexity index is 748. The average Bonchev–Trinajstić information content (AvgIpc) is 2.57. The van der Waals surface area contributed by atoms with Crippen molar-refractivity contribution in [3.05, 3.63) is 35.4 Å². The summed E-state index contributed by atoms with van der Waals surface area (Å²) in [5.74, 6) is 0.279. The van der Waals surface area contributed by atoms with E-state index in [-0.39, 0.29) is 5.92 Å². The van der Waals surface area contributed by atoms with Gasteiger partial charge in [0.05, 0.1) is 6.21 Å². The molecular formula is C20H27N3O4. The Hall–Kier alpha value is -2.83. The maximum absolute atomic E-state index is 12.4. The second-order valence-electron chi connectivity index (χ2n) is 7.65. The fraction of sp³-hybridized carbons (Fsp3) is 0.450. The van der Waals surface area contributed by atoms with Crippen LogP contribution in [0.2, 0.25) is 0 Å². The highest BCUT2D eigenvalue weighted by molar-refractivity contribution is 5.90. The normalized spacial score (nSPS) is 14.8. The summed E-state index contributed by atoms with van der Waals surface area (Å²) in [5, 5.41) is 6.58. The third-order valence-corrected chi connectivity index (χ3v) is 3.68. The maximum Gasteiger partial charge on any atom is 0.408 e. The van der Waals surface area contributed by atoms with Gasteiger partial charge in [-0.15, -0.1) is 0 Å². The topological polar surface area (TPSA) is 89.0 Å². The first-order valence-corrected chi connectivity index (χ1v) is 8.90. The molecule has 1 aromatic carbocycles. The maximum atomic E-state index is 12.4. The number of carbonyl (C=O) groups is 2. The Kier molecular flexibility index (Phi) is 6.60. The van der Waals surface area contributed by atoms with E-state index in [2.05, 4.69) is 15.8 Å². The number of rotatable bonds is 5. The van der Waals surface area contributed by atoms with E-state index in [1.54, 1.807) is 27.0 Å². The SMILES string of the molecule is CC(C)[C@H](NC(=O)OC(C)(C)C)C(=O)NN=CC1=Cc2ccccc2OC1. The van der Waals surface area contributed by atoms with Gasteiger partial charge in [0.1, 0.15) is 24.0 Å². The number of hydrogen-bond donors (Lipinski definition) is 2. The zero-order chi connectivity index (χ0) is 20.0. The fourth-order valence-electron chi connectivity index (χ4n) is 2.43. The summed E-state index contributed by atoms with van der Waals surface area (Å²) in [6.45, 7) is 9.33. The Labute approximate surface area is 159 Å². The number of benzene rings is 1. The summed E-state index contributed by atoms with van der Waals surface area (Å²) in [5.41, 5.74) is 3.62. The van der Waals surface area contributed by atoms with E-state index in [9.17, 15) is 9.59 Å². The summed E-state index contributed by atoms with van der Waals surface area (Å²) in [4.78, 5) is 24.3. The van der Waals surface area contributed by atoms with E-state index in [0.717, 1.165) is 16.9 Å². The van der Waals surface area contributed by atoms with Crippen molar-refractivity contribution in [2.45, 2.75) is 46.3 Å².